The molecule has 0 aromatic heterocycles. The Morgan fingerprint density at radius 2 is 1.84 bits per heavy atom. The van der Waals surface area contributed by atoms with Gasteiger partial charge in [0.1, 0.15) is 0 Å². The molecule has 0 aromatic rings. The molecule has 0 saturated heterocycles. The van der Waals surface area contributed by atoms with E-state index < -0.39 is 0 Å². The average molecular weight is 268 g/mol. The first-order valence-corrected chi connectivity index (χ1v) is 8.39. The van der Waals surface area contributed by atoms with Crippen LogP contribution < -0.4 is 5.32 Å². The highest BCUT2D eigenvalue weighted by atomic mass is 15.2. The molecule has 0 aromatic carbocycles. The Bertz CT molecular complexity index is 229. The Morgan fingerprint density at radius 1 is 1.21 bits per heavy atom. The first-order chi connectivity index (χ1) is 8.94. The molecule has 1 rings (SSSR count). The van der Waals surface area contributed by atoms with E-state index in [0.29, 0.717) is 5.41 Å². The van der Waals surface area contributed by atoms with Crippen molar-refractivity contribution < 1.29 is 0 Å². The molecule has 0 bridgehead atoms. The maximum absolute atomic E-state index is 3.52. The molecule has 0 radical (unpaired) electrons. The van der Waals surface area contributed by atoms with Gasteiger partial charge in [-0.15, -0.1) is 0 Å². The second-order valence-electron chi connectivity index (χ2n) is 7.54. The second kappa shape index (κ2) is 8.26. The minimum absolute atomic E-state index is 0.385. The molecule has 1 fully saturated rings. The van der Waals surface area contributed by atoms with E-state index in [-0.39, 0.29) is 0 Å². The highest BCUT2D eigenvalue weighted by Gasteiger charge is 2.28. The zero-order valence-electron chi connectivity index (χ0n) is 14.0. The predicted molar refractivity (Wildman–Crippen MR) is 85.6 cm³/mol. The number of rotatable bonds is 9. The largest absolute Gasteiger partial charge is 0.316 e. The quantitative estimate of drug-likeness (QED) is 0.682. The molecular weight excluding hydrogens is 232 g/mol. The van der Waals surface area contributed by atoms with Crippen molar-refractivity contribution in [3.05, 3.63) is 0 Å². The van der Waals surface area contributed by atoms with E-state index >= 15 is 0 Å². The van der Waals surface area contributed by atoms with Crippen molar-refractivity contribution in [2.75, 3.05) is 26.2 Å². The van der Waals surface area contributed by atoms with Crippen LogP contribution in [0.15, 0.2) is 0 Å². The first-order valence-electron chi connectivity index (χ1n) is 8.39. The van der Waals surface area contributed by atoms with Gasteiger partial charge in [0.15, 0.2) is 0 Å². The summed E-state index contributed by atoms with van der Waals surface area (Å²) in [7, 11) is 0. The lowest BCUT2D eigenvalue weighted by atomic mass is 9.91. The van der Waals surface area contributed by atoms with Crippen LogP contribution in [-0.4, -0.2) is 37.1 Å². The van der Waals surface area contributed by atoms with Gasteiger partial charge in [0.2, 0.25) is 0 Å². The van der Waals surface area contributed by atoms with Crippen LogP contribution in [0.5, 0.6) is 0 Å². The highest BCUT2D eigenvalue weighted by Crippen LogP contribution is 2.27. The van der Waals surface area contributed by atoms with Crippen LogP contribution in [0.3, 0.4) is 0 Å². The van der Waals surface area contributed by atoms with Gasteiger partial charge >= 0.3 is 0 Å². The van der Waals surface area contributed by atoms with Crippen LogP contribution in [0.1, 0.15) is 66.7 Å². The monoisotopic (exact) mass is 268 g/mol. The lowest BCUT2D eigenvalue weighted by Crippen LogP contribution is -2.45. The van der Waals surface area contributed by atoms with Gasteiger partial charge in [-0.3, -0.25) is 4.90 Å². The van der Waals surface area contributed by atoms with Crippen molar-refractivity contribution in [1.29, 1.82) is 0 Å². The van der Waals surface area contributed by atoms with Crippen LogP contribution in [0.25, 0.3) is 0 Å². The molecule has 1 saturated carbocycles. The van der Waals surface area contributed by atoms with Crippen molar-refractivity contribution in [3.8, 4) is 0 Å². The van der Waals surface area contributed by atoms with E-state index in [1.165, 1.54) is 45.2 Å². The lowest BCUT2D eigenvalue weighted by Gasteiger charge is -2.37. The van der Waals surface area contributed by atoms with E-state index in [1.54, 1.807) is 0 Å². The Hall–Kier alpha value is -0.0800. The molecule has 1 N–H and O–H groups in total. The van der Waals surface area contributed by atoms with Gasteiger partial charge in [0.05, 0.1) is 0 Å². The summed E-state index contributed by atoms with van der Waals surface area (Å²) < 4.78 is 0. The number of nitrogens with one attached hydrogen (secondary N) is 1. The maximum Gasteiger partial charge on any atom is 0.00954 e. The number of hydrogen-bond donors (Lipinski definition) is 1. The standard InChI is InChI=1S/C17H36N2/c1-6-18-13-17(4,5)14-19(12-11-15(2)3)16-9-7-8-10-16/h15-16,18H,6-14H2,1-5H3. The molecule has 0 unspecified atom stereocenters. The Morgan fingerprint density at radius 3 is 2.37 bits per heavy atom. The number of hydrogen-bond acceptors (Lipinski definition) is 2. The van der Waals surface area contributed by atoms with Crippen LogP contribution in [-0.2, 0) is 0 Å². The SMILES string of the molecule is CCNCC(C)(C)CN(CCC(C)C)C1CCCC1. The van der Waals surface area contributed by atoms with Crippen molar-refractivity contribution in [2.24, 2.45) is 11.3 Å². The summed E-state index contributed by atoms with van der Waals surface area (Å²) in [4.78, 5) is 2.80. The normalized spacial score (nSPS) is 17.8. The molecule has 0 atom stereocenters. The van der Waals surface area contributed by atoms with Gasteiger partial charge < -0.3 is 5.32 Å². The third-order valence-electron chi connectivity index (χ3n) is 4.32. The smallest absolute Gasteiger partial charge is 0.00954 e. The lowest BCUT2D eigenvalue weighted by molar-refractivity contribution is 0.122. The fourth-order valence-corrected chi connectivity index (χ4v) is 3.15. The molecule has 0 heterocycles. The van der Waals surface area contributed by atoms with Crippen LogP contribution in [0, 0.1) is 11.3 Å². The molecule has 0 aliphatic heterocycles. The zero-order valence-corrected chi connectivity index (χ0v) is 14.0. The molecule has 0 spiro atoms. The van der Waals surface area contributed by atoms with Crippen molar-refractivity contribution in [1.82, 2.24) is 10.2 Å². The molecule has 2 nitrogen and oxygen atoms in total. The van der Waals surface area contributed by atoms with Gasteiger partial charge in [0.25, 0.3) is 0 Å². The third kappa shape index (κ3) is 6.76. The minimum atomic E-state index is 0.385. The molecule has 0 amide bonds. The average Bonchev–Trinajstić information content (AvgIpc) is 2.85. The molecule has 2 heteroatoms. The molecule has 19 heavy (non-hydrogen) atoms. The highest BCUT2D eigenvalue weighted by molar-refractivity contribution is 4.83. The van der Waals surface area contributed by atoms with Crippen LogP contribution >= 0.6 is 0 Å². The first kappa shape index (κ1) is 17.0. The topological polar surface area (TPSA) is 15.3 Å². The van der Waals surface area contributed by atoms with E-state index in [9.17, 15) is 0 Å². The van der Waals surface area contributed by atoms with Crippen LogP contribution in [0.2, 0.25) is 0 Å². The van der Waals surface area contributed by atoms with Gasteiger partial charge in [-0.05, 0) is 43.7 Å². The zero-order chi connectivity index (χ0) is 14.3. The van der Waals surface area contributed by atoms with E-state index in [0.717, 1.165) is 25.0 Å². The summed E-state index contributed by atoms with van der Waals surface area (Å²) in [6, 6.07) is 0.861. The fourth-order valence-electron chi connectivity index (χ4n) is 3.15. The Balaban J connectivity index is 2.51. The van der Waals surface area contributed by atoms with Crippen molar-refractivity contribution in [2.45, 2.75) is 72.8 Å². The maximum atomic E-state index is 3.52. The molecule has 1 aliphatic rings. The molecule has 114 valence electrons. The van der Waals surface area contributed by atoms with Gasteiger partial charge in [0, 0.05) is 19.1 Å². The summed E-state index contributed by atoms with van der Waals surface area (Å²) in [6.07, 6.45) is 7.07. The van der Waals surface area contributed by atoms with Gasteiger partial charge in [-0.25, -0.2) is 0 Å². The molecule has 1 aliphatic carbocycles. The summed E-state index contributed by atoms with van der Waals surface area (Å²) in [5.41, 5.74) is 0.385. The Labute approximate surface area is 121 Å². The summed E-state index contributed by atoms with van der Waals surface area (Å²) >= 11 is 0. The van der Waals surface area contributed by atoms with Gasteiger partial charge in [-0.1, -0.05) is 47.5 Å². The Kier molecular flexibility index (Phi) is 7.38. The van der Waals surface area contributed by atoms with E-state index in [1.807, 2.05) is 0 Å². The second-order valence-corrected chi connectivity index (χ2v) is 7.54. The van der Waals surface area contributed by atoms with Crippen LogP contribution in [0.4, 0.5) is 0 Å². The minimum Gasteiger partial charge on any atom is -0.316 e. The van der Waals surface area contributed by atoms with Gasteiger partial charge in [-0.2, -0.15) is 0 Å². The van der Waals surface area contributed by atoms with Crippen molar-refractivity contribution in [3.63, 3.8) is 0 Å². The fraction of sp³-hybridized carbons (Fsp3) is 1.00. The molecular formula is C17H36N2. The third-order valence-corrected chi connectivity index (χ3v) is 4.32. The summed E-state index contributed by atoms with van der Waals surface area (Å²) in [5.74, 6) is 0.820. The van der Waals surface area contributed by atoms with Crippen molar-refractivity contribution >= 4 is 0 Å². The van der Waals surface area contributed by atoms with E-state index in [4.69, 9.17) is 0 Å². The van der Waals surface area contributed by atoms with E-state index in [2.05, 4.69) is 44.8 Å². The number of nitrogens with zero attached hydrogens (tertiary/aromatic N) is 1. The summed E-state index contributed by atoms with van der Waals surface area (Å²) in [6.45, 7) is 16.5. The summed E-state index contributed by atoms with van der Waals surface area (Å²) in [5, 5.41) is 3.52. The predicted octanol–water partition coefficient (Wildman–Crippen LogP) is 3.91.